The van der Waals surface area contributed by atoms with Gasteiger partial charge < -0.3 is 18.8 Å². The van der Waals surface area contributed by atoms with Crippen molar-refractivity contribution in [3.8, 4) is 0 Å². The number of aromatic nitrogens is 3. The Morgan fingerprint density at radius 1 is 1.35 bits per heavy atom. The molecule has 122 valence electrons. The molecule has 0 aliphatic carbocycles. The van der Waals surface area contributed by atoms with Gasteiger partial charge in [-0.1, -0.05) is 17.7 Å². The fourth-order valence-electron chi connectivity index (χ4n) is 3.38. The topological polar surface area (TPSA) is 58.4 Å². The van der Waals surface area contributed by atoms with Gasteiger partial charge in [0.2, 0.25) is 0 Å². The number of ether oxygens (including phenoxy) is 3. The van der Waals surface area contributed by atoms with Crippen molar-refractivity contribution in [3.63, 3.8) is 0 Å². The molecule has 6 nitrogen and oxygen atoms in total. The lowest BCUT2D eigenvalue weighted by atomic mass is 10.1. The quantitative estimate of drug-likeness (QED) is 0.637. The third kappa shape index (κ3) is 2.37. The second-order valence-electron chi connectivity index (χ2n) is 6.28. The summed E-state index contributed by atoms with van der Waals surface area (Å²) in [4.78, 5) is 8.35. The van der Waals surface area contributed by atoms with Gasteiger partial charge in [-0.3, -0.25) is 0 Å². The van der Waals surface area contributed by atoms with E-state index >= 15 is 0 Å². The number of halogens is 1. The lowest BCUT2D eigenvalue weighted by Crippen LogP contribution is -2.29. The summed E-state index contributed by atoms with van der Waals surface area (Å²) in [5.41, 5.74) is 0.723. The van der Waals surface area contributed by atoms with Crippen molar-refractivity contribution in [1.82, 2.24) is 14.5 Å². The number of hydrogen-bond donors (Lipinski definition) is 0. The van der Waals surface area contributed by atoms with E-state index in [1.54, 1.807) is 0 Å². The van der Waals surface area contributed by atoms with E-state index in [1.807, 2.05) is 36.8 Å². The molecule has 23 heavy (non-hydrogen) atoms. The highest BCUT2D eigenvalue weighted by Gasteiger charge is 2.55. The molecule has 0 saturated carbocycles. The van der Waals surface area contributed by atoms with Crippen LogP contribution in [0.15, 0.2) is 31.2 Å². The van der Waals surface area contributed by atoms with Crippen LogP contribution in [-0.2, 0) is 14.2 Å². The molecular weight excluding hydrogens is 318 g/mol. The minimum atomic E-state index is -0.633. The monoisotopic (exact) mass is 335 g/mol. The molecule has 2 fully saturated rings. The van der Waals surface area contributed by atoms with Crippen LogP contribution in [-0.4, -0.2) is 38.6 Å². The number of hydrogen-bond acceptors (Lipinski definition) is 5. The van der Waals surface area contributed by atoms with Gasteiger partial charge in [0.25, 0.3) is 0 Å². The lowest BCUT2D eigenvalue weighted by Gasteiger charge is -2.24. The van der Waals surface area contributed by atoms with Crippen LogP contribution in [0, 0.1) is 0 Å². The third-order valence-corrected chi connectivity index (χ3v) is 4.56. The van der Waals surface area contributed by atoms with Crippen molar-refractivity contribution >= 4 is 22.6 Å². The molecule has 2 aromatic rings. The molecule has 0 amide bonds. The van der Waals surface area contributed by atoms with Crippen molar-refractivity contribution in [1.29, 1.82) is 0 Å². The zero-order chi connectivity index (χ0) is 16.2. The van der Waals surface area contributed by atoms with Gasteiger partial charge in [0.05, 0.1) is 11.5 Å². The van der Waals surface area contributed by atoms with Crippen molar-refractivity contribution in [3.05, 3.63) is 36.4 Å². The smallest absolute Gasteiger partial charge is 0.164 e. The van der Waals surface area contributed by atoms with Gasteiger partial charge in [-0.15, -0.1) is 6.58 Å². The van der Waals surface area contributed by atoms with Crippen molar-refractivity contribution in [2.24, 2.45) is 0 Å². The van der Waals surface area contributed by atoms with Crippen molar-refractivity contribution in [2.45, 2.75) is 50.6 Å². The van der Waals surface area contributed by atoms with Crippen molar-refractivity contribution < 1.29 is 14.2 Å². The fraction of sp³-hybridized carbons (Fsp3) is 0.500. The predicted molar refractivity (Wildman–Crippen MR) is 85.1 cm³/mol. The minimum absolute atomic E-state index is 0.0981. The Labute approximate surface area is 139 Å². The highest BCUT2D eigenvalue weighted by molar-refractivity contribution is 6.33. The Kier molecular flexibility index (Phi) is 3.46. The second kappa shape index (κ2) is 5.27. The summed E-state index contributed by atoms with van der Waals surface area (Å²) in [7, 11) is 0. The number of rotatable bonds is 3. The molecule has 2 aliphatic rings. The molecule has 2 aromatic heterocycles. The standard InChI is InChI=1S/C16H18ClN3O3/c1-4-5-10-11-12(23-16(2,3)22-11)15(21-10)20-7-6-9-13(17)18-8-19-14(9)20/h4,6-8,10-12,15H,1,5H2,2-3H3/t10-,11-,12-,15-/m1/s1. The second-order valence-corrected chi connectivity index (χ2v) is 6.64. The van der Waals surface area contributed by atoms with Gasteiger partial charge >= 0.3 is 0 Å². The van der Waals surface area contributed by atoms with E-state index in [0.717, 1.165) is 11.0 Å². The summed E-state index contributed by atoms with van der Waals surface area (Å²) in [6.45, 7) is 7.64. The first-order chi connectivity index (χ1) is 11.0. The highest BCUT2D eigenvalue weighted by atomic mass is 35.5. The molecule has 2 saturated heterocycles. The van der Waals surface area contributed by atoms with E-state index in [1.165, 1.54) is 6.33 Å². The summed E-state index contributed by atoms with van der Waals surface area (Å²) in [5.74, 6) is -0.633. The fourth-order valence-corrected chi connectivity index (χ4v) is 3.57. The molecule has 0 spiro atoms. The molecule has 4 atom stereocenters. The number of fused-ring (bicyclic) bond motifs is 2. The molecule has 0 radical (unpaired) electrons. The molecule has 2 aliphatic heterocycles. The average molecular weight is 336 g/mol. The van der Waals surface area contributed by atoms with Gasteiger partial charge in [0.1, 0.15) is 29.3 Å². The summed E-state index contributed by atoms with van der Waals surface area (Å²) in [5, 5.41) is 1.22. The summed E-state index contributed by atoms with van der Waals surface area (Å²) in [6.07, 6.45) is 5.12. The van der Waals surface area contributed by atoms with E-state index in [9.17, 15) is 0 Å². The molecule has 7 heteroatoms. The Morgan fingerprint density at radius 2 is 2.13 bits per heavy atom. The van der Waals surface area contributed by atoms with Crippen LogP contribution in [0.2, 0.25) is 5.15 Å². The molecule has 4 heterocycles. The molecule has 0 N–H and O–H groups in total. The summed E-state index contributed by atoms with van der Waals surface area (Å²) >= 11 is 6.14. The van der Waals surface area contributed by atoms with E-state index in [0.29, 0.717) is 11.6 Å². The Balaban J connectivity index is 1.75. The van der Waals surface area contributed by atoms with Gasteiger partial charge in [0, 0.05) is 6.20 Å². The van der Waals surface area contributed by atoms with Crippen LogP contribution in [0.4, 0.5) is 0 Å². The van der Waals surface area contributed by atoms with Gasteiger partial charge in [0.15, 0.2) is 12.0 Å². The van der Waals surface area contributed by atoms with Crippen LogP contribution in [0.5, 0.6) is 0 Å². The Morgan fingerprint density at radius 3 is 2.91 bits per heavy atom. The Hall–Kier alpha value is -1.47. The zero-order valence-electron chi connectivity index (χ0n) is 13.0. The SMILES string of the molecule is C=CC[C@H]1O[C@@H](n2ccc3c(Cl)ncnc32)[C@@H]2OC(C)(C)O[C@@H]21. The maximum Gasteiger partial charge on any atom is 0.164 e. The maximum atomic E-state index is 6.19. The van der Waals surface area contributed by atoms with Crippen molar-refractivity contribution in [2.75, 3.05) is 0 Å². The van der Waals surface area contributed by atoms with E-state index in [-0.39, 0.29) is 24.5 Å². The van der Waals surface area contributed by atoms with Gasteiger partial charge in [-0.05, 0) is 26.3 Å². The molecule has 4 rings (SSSR count). The first-order valence-electron chi connectivity index (χ1n) is 7.59. The van der Waals surface area contributed by atoms with Crippen LogP contribution < -0.4 is 0 Å². The molecule has 0 aromatic carbocycles. The Bertz CT molecular complexity index is 760. The van der Waals surface area contributed by atoms with Gasteiger partial charge in [-0.2, -0.15) is 0 Å². The van der Waals surface area contributed by atoms with Crippen LogP contribution in [0.25, 0.3) is 11.0 Å². The lowest BCUT2D eigenvalue weighted by molar-refractivity contribution is -0.195. The highest BCUT2D eigenvalue weighted by Crippen LogP contribution is 2.44. The van der Waals surface area contributed by atoms with E-state index < -0.39 is 5.79 Å². The first kappa shape index (κ1) is 15.1. The van der Waals surface area contributed by atoms with E-state index in [4.69, 9.17) is 25.8 Å². The molecular formula is C16H18ClN3O3. The summed E-state index contributed by atoms with van der Waals surface area (Å²) < 4.78 is 20.3. The van der Waals surface area contributed by atoms with Crippen LogP contribution in [0.1, 0.15) is 26.5 Å². The first-order valence-corrected chi connectivity index (χ1v) is 7.97. The minimum Gasteiger partial charge on any atom is -0.349 e. The predicted octanol–water partition coefficient (Wildman–Crippen LogP) is 3.08. The largest absolute Gasteiger partial charge is 0.349 e. The average Bonchev–Trinajstić information content (AvgIpc) is 3.13. The number of nitrogens with zero attached hydrogens (tertiary/aromatic N) is 3. The third-order valence-electron chi connectivity index (χ3n) is 4.26. The van der Waals surface area contributed by atoms with Gasteiger partial charge in [-0.25, -0.2) is 9.97 Å². The molecule has 0 bridgehead atoms. The van der Waals surface area contributed by atoms with E-state index in [2.05, 4.69) is 16.5 Å². The van der Waals surface area contributed by atoms with Crippen LogP contribution in [0.3, 0.4) is 0 Å². The molecule has 0 unspecified atom stereocenters. The maximum absolute atomic E-state index is 6.19. The summed E-state index contributed by atoms with van der Waals surface area (Å²) in [6, 6.07) is 1.89. The van der Waals surface area contributed by atoms with Crippen LogP contribution >= 0.6 is 11.6 Å². The normalized spacial score (nSPS) is 32.3. The zero-order valence-corrected chi connectivity index (χ0v) is 13.7.